The lowest BCUT2D eigenvalue weighted by atomic mass is 10.2. The van der Waals surface area contributed by atoms with E-state index in [1.54, 1.807) is 18.2 Å². The highest BCUT2D eigenvalue weighted by molar-refractivity contribution is 6.32. The Morgan fingerprint density at radius 3 is 2.64 bits per heavy atom. The fourth-order valence-corrected chi connectivity index (χ4v) is 2.66. The minimum absolute atomic E-state index is 0.0795. The number of hydrogen-bond acceptors (Lipinski definition) is 4. The maximum absolute atomic E-state index is 12.3. The molecule has 0 unspecified atom stereocenters. The van der Waals surface area contributed by atoms with Gasteiger partial charge in [-0.15, -0.1) is 0 Å². The Kier molecular flexibility index (Phi) is 5.40. The maximum Gasteiger partial charge on any atom is 0.242 e. The van der Waals surface area contributed by atoms with E-state index in [0.29, 0.717) is 35.3 Å². The number of hydrogen-bond donors (Lipinski definition) is 2. The first-order valence-electron chi connectivity index (χ1n) is 7.93. The molecule has 25 heavy (non-hydrogen) atoms. The van der Waals surface area contributed by atoms with Gasteiger partial charge in [-0.05, 0) is 24.3 Å². The summed E-state index contributed by atoms with van der Waals surface area (Å²) in [5, 5.41) is 6.28. The van der Waals surface area contributed by atoms with E-state index in [1.807, 2.05) is 30.3 Å². The lowest BCUT2D eigenvalue weighted by Crippen LogP contribution is -2.51. The first-order chi connectivity index (χ1) is 12.1. The van der Waals surface area contributed by atoms with E-state index in [4.69, 9.17) is 16.3 Å². The lowest BCUT2D eigenvalue weighted by molar-refractivity contribution is -0.136. The minimum atomic E-state index is -0.137. The van der Waals surface area contributed by atoms with Crippen LogP contribution in [-0.2, 0) is 9.59 Å². The smallest absolute Gasteiger partial charge is 0.242 e. The molecule has 0 saturated carbocycles. The van der Waals surface area contributed by atoms with Gasteiger partial charge in [0.2, 0.25) is 11.8 Å². The number of rotatable bonds is 5. The molecule has 2 amide bonds. The van der Waals surface area contributed by atoms with Gasteiger partial charge in [-0.25, -0.2) is 0 Å². The molecule has 1 heterocycles. The number of halogens is 1. The number of piperazine rings is 1. The Morgan fingerprint density at radius 2 is 1.88 bits per heavy atom. The van der Waals surface area contributed by atoms with Crippen LogP contribution in [0.2, 0.25) is 5.02 Å². The molecule has 0 spiro atoms. The standard InChI is InChI=1S/C18H18ClN3O3/c19-13-5-1-3-7-15(13)25-16-8-4-2-6-14(16)21-11-18(24)22-10-9-20-17(23)12-22/h1-8,21H,9-12H2,(H,20,23). The van der Waals surface area contributed by atoms with E-state index in [1.165, 1.54) is 4.90 Å². The summed E-state index contributed by atoms with van der Waals surface area (Å²) in [5.74, 6) is 0.835. The first kappa shape index (κ1) is 17.1. The molecule has 1 saturated heterocycles. The fourth-order valence-electron chi connectivity index (χ4n) is 2.48. The van der Waals surface area contributed by atoms with Crippen molar-refractivity contribution in [3.8, 4) is 11.5 Å². The number of anilines is 1. The van der Waals surface area contributed by atoms with E-state index >= 15 is 0 Å². The largest absolute Gasteiger partial charge is 0.454 e. The topological polar surface area (TPSA) is 70.7 Å². The van der Waals surface area contributed by atoms with E-state index in [2.05, 4.69) is 10.6 Å². The molecular formula is C18H18ClN3O3. The number of para-hydroxylation sites is 3. The predicted molar refractivity (Wildman–Crippen MR) is 96.0 cm³/mol. The molecule has 1 aliphatic rings. The van der Waals surface area contributed by atoms with E-state index in [0.717, 1.165) is 0 Å². The quantitative estimate of drug-likeness (QED) is 0.860. The molecule has 2 aromatic rings. The Labute approximate surface area is 150 Å². The summed E-state index contributed by atoms with van der Waals surface area (Å²) in [4.78, 5) is 25.2. The van der Waals surface area contributed by atoms with Crippen molar-refractivity contribution in [3.05, 3.63) is 53.6 Å². The third kappa shape index (κ3) is 4.42. The highest BCUT2D eigenvalue weighted by Crippen LogP contribution is 2.33. The van der Waals surface area contributed by atoms with Gasteiger partial charge in [-0.1, -0.05) is 35.9 Å². The number of carbonyl (C=O) groups excluding carboxylic acids is 2. The van der Waals surface area contributed by atoms with Crippen LogP contribution in [0.3, 0.4) is 0 Å². The zero-order valence-electron chi connectivity index (χ0n) is 13.5. The normalized spacial score (nSPS) is 14.0. The van der Waals surface area contributed by atoms with E-state index in [9.17, 15) is 9.59 Å². The summed E-state index contributed by atoms with van der Waals surface area (Å²) in [6.45, 7) is 1.18. The second kappa shape index (κ2) is 7.90. The van der Waals surface area contributed by atoms with Gasteiger partial charge in [0.05, 0.1) is 23.8 Å². The van der Waals surface area contributed by atoms with Crippen LogP contribution in [0.15, 0.2) is 48.5 Å². The van der Waals surface area contributed by atoms with Crippen LogP contribution in [-0.4, -0.2) is 42.9 Å². The monoisotopic (exact) mass is 359 g/mol. The van der Waals surface area contributed by atoms with Crippen molar-refractivity contribution in [1.82, 2.24) is 10.2 Å². The summed E-state index contributed by atoms with van der Waals surface area (Å²) in [5.41, 5.74) is 0.678. The van der Waals surface area contributed by atoms with Crippen LogP contribution >= 0.6 is 11.6 Å². The lowest BCUT2D eigenvalue weighted by Gasteiger charge is -2.27. The van der Waals surface area contributed by atoms with E-state index in [-0.39, 0.29) is 24.9 Å². The van der Waals surface area contributed by atoms with E-state index < -0.39 is 0 Å². The molecule has 0 bridgehead atoms. The van der Waals surface area contributed by atoms with Gasteiger partial charge in [0, 0.05) is 13.1 Å². The summed E-state index contributed by atoms with van der Waals surface area (Å²) >= 11 is 6.13. The molecule has 2 aromatic carbocycles. The second-order valence-electron chi connectivity index (χ2n) is 5.55. The predicted octanol–water partition coefficient (Wildman–Crippen LogP) is 2.50. The van der Waals surface area contributed by atoms with Crippen LogP contribution in [0.4, 0.5) is 5.69 Å². The number of carbonyl (C=O) groups is 2. The average molecular weight is 360 g/mol. The highest BCUT2D eigenvalue weighted by Gasteiger charge is 2.21. The van der Waals surface area contributed by atoms with Gasteiger partial charge in [-0.3, -0.25) is 9.59 Å². The molecule has 0 atom stereocenters. The van der Waals surface area contributed by atoms with Crippen molar-refractivity contribution in [2.75, 3.05) is 31.5 Å². The van der Waals surface area contributed by atoms with Crippen LogP contribution in [0.1, 0.15) is 0 Å². The third-order valence-corrected chi connectivity index (χ3v) is 4.08. The van der Waals surface area contributed by atoms with Crippen LogP contribution < -0.4 is 15.4 Å². The summed E-state index contributed by atoms with van der Waals surface area (Å²) in [6, 6.07) is 14.5. The molecule has 1 aliphatic heterocycles. The SMILES string of the molecule is O=C1CN(C(=O)CNc2ccccc2Oc2ccccc2Cl)CCN1. The Morgan fingerprint density at radius 1 is 1.16 bits per heavy atom. The van der Waals surface area contributed by atoms with Crippen LogP contribution in [0.5, 0.6) is 11.5 Å². The molecule has 1 fully saturated rings. The number of amides is 2. The molecule has 6 nitrogen and oxygen atoms in total. The average Bonchev–Trinajstić information content (AvgIpc) is 2.62. The highest BCUT2D eigenvalue weighted by atomic mass is 35.5. The summed E-state index contributed by atoms with van der Waals surface area (Å²) < 4.78 is 5.85. The molecule has 0 aliphatic carbocycles. The number of ether oxygens (including phenoxy) is 1. The zero-order chi connectivity index (χ0) is 17.6. The second-order valence-corrected chi connectivity index (χ2v) is 5.95. The van der Waals surface area contributed by atoms with Crippen molar-refractivity contribution in [2.45, 2.75) is 0 Å². The van der Waals surface area contributed by atoms with Crippen molar-refractivity contribution >= 4 is 29.1 Å². The van der Waals surface area contributed by atoms with Crippen molar-refractivity contribution in [3.63, 3.8) is 0 Å². The Hall–Kier alpha value is -2.73. The first-order valence-corrected chi connectivity index (χ1v) is 8.31. The van der Waals surface area contributed by atoms with Gasteiger partial charge in [0.25, 0.3) is 0 Å². The molecule has 2 N–H and O–H groups in total. The van der Waals surface area contributed by atoms with Crippen molar-refractivity contribution < 1.29 is 14.3 Å². The summed E-state index contributed by atoms with van der Waals surface area (Å²) in [6.07, 6.45) is 0. The maximum atomic E-state index is 12.3. The molecule has 0 radical (unpaired) electrons. The number of nitrogens with zero attached hydrogens (tertiary/aromatic N) is 1. The molecule has 3 rings (SSSR count). The third-order valence-electron chi connectivity index (χ3n) is 3.76. The fraction of sp³-hybridized carbons (Fsp3) is 0.222. The number of benzene rings is 2. The van der Waals surface area contributed by atoms with Gasteiger partial charge >= 0.3 is 0 Å². The molecule has 130 valence electrons. The zero-order valence-corrected chi connectivity index (χ0v) is 14.3. The Bertz CT molecular complexity index is 782. The summed E-state index contributed by atoms with van der Waals surface area (Å²) in [7, 11) is 0. The molecule has 0 aromatic heterocycles. The van der Waals surface area contributed by atoms with Gasteiger partial charge in [0.15, 0.2) is 5.75 Å². The van der Waals surface area contributed by atoms with Crippen molar-refractivity contribution in [1.29, 1.82) is 0 Å². The van der Waals surface area contributed by atoms with Gasteiger partial charge in [0.1, 0.15) is 5.75 Å². The molecule has 7 heteroatoms. The van der Waals surface area contributed by atoms with Crippen LogP contribution in [0, 0.1) is 0 Å². The minimum Gasteiger partial charge on any atom is -0.454 e. The molecular weight excluding hydrogens is 342 g/mol. The Balaban J connectivity index is 1.66. The van der Waals surface area contributed by atoms with Gasteiger partial charge < -0.3 is 20.3 Å². The van der Waals surface area contributed by atoms with Gasteiger partial charge in [-0.2, -0.15) is 0 Å². The van der Waals surface area contributed by atoms with Crippen LogP contribution in [0.25, 0.3) is 0 Å². The number of nitrogens with one attached hydrogen (secondary N) is 2. The van der Waals surface area contributed by atoms with Crippen molar-refractivity contribution in [2.24, 2.45) is 0 Å².